The summed E-state index contributed by atoms with van der Waals surface area (Å²) in [5.41, 5.74) is 2.63. The highest BCUT2D eigenvalue weighted by Crippen LogP contribution is 2.36. The number of halogens is 3. The van der Waals surface area contributed by atoms with Crippen molar-refractivity contribution in [3.63, 3.8) is 0 Å². The van der Waals surface area contributed by atoms with Crippen LogP contribution in [-0.2, 0) is 24.4 Å². The number of nitrogens with zero attached hydrogens (tertiary/aromatic N) is 7. The number of alkyl halides is 3. The lowest BCUT2D eigenvalue weighted by molar-refractivity contribution is -0.141. The van der Waals surface area contributed by atoms with Crippen LogP contribution in [0, 0.1) is 18.8 Å². The first-order chi connectivity index (χ1) is 21.0. The van der Waals surface area contributed by atoms with Crippen LogP contribution in [0.4, 0.5) is 13.2 Å². The lowest BCUT2D eigenvalue weighted by atomic mass is 9.79. The molecule has 1 saturated heterocycles. The van der Waals surface area contributed by atoms with Crippen molar-refractivity contribution in [2.24, 2.45) is 18.9 Å². The monoisotopic (exact) mass is 607 g/mol. The molecular weight excluding hydrogens is 571 g/mol. The number of rotatable bonds is 5. The topological polar surface area (TPSA) is 88.6 Å². The fraction of sp³-hybridized carbons (Fsp3) is 0.469. The molecule has 4 heterocycles. The average Bonchev–Trinajstić information content (AvgIpc) is 3.61. The van der Waals surface area contributed by atoms with Crippen LogP contribution in [0.15, 0.2) is 43.0 Å². The van der Waals surface area contributed by atoms with E-state index in [4.69, 9.17) is 0 Å². The lowest BCUT2D eigenvalue weighted by Crippen LogP contribution is -2.52. The second-order valence-corrected chi connectivity index (χ2v) is 12.1. The number of fused-ring (bicyclic) bond motifs is 1. The molecule has 2 amide bonds. The van der Waals surface area contributed by atoms with Gasteiger partial charge in [0.05, 0.1) is 23.1 Å². The summed E-state index contributed by atoms with van der Waals surface area (Å²) in [5, 5.41) is 3.62. The quantitative estimate of drug-likeness (QED) is 0.313. The predicted octanol–water partition coefficient (Wildman–Crippen LogP) is 5.16. The summed E-state index contributed by atoms with van der Waals surface area (Å²) in [5.74, 6) is 0.696. The maximum absolute atomic E-state index is 13.6. The second-order valence-electron chi connectivity index (χ2n) is 12.1. The number of carbonyl (C=O) groups excluding carboxylic acids is 2. The minimum atomic E-state index is -4.61. The fourth-order valence-electron chi connectivity index (χ4n) is 6.67. The molecule has 12 heteroatoms. The Kier molecular flexibility index (Phi) is 7.93. The SMILES string of the molecule is Cc1cc(Cc2nccn3c(-c4cn(C)nc4C(F)(F)F)cnc23)ccc1C(=O)N1CCN(C(=O)[C@@H]2CCCC[C@@H]2C)CC1. The van der Waals surface area contributed by atoms with Crippen LogP contribution in [0.3, 0.4) is 0 Å². The minimum Gasteiger partial charge on any atom is -0.339 e. The van der Waals surface area contributed by atoms with Crippen molar-refractivity contribution in [2.45, 2.75) is 52.1 Å². The van der Waals surface area contributed by atoms with Crippen molar-refractivity contribution in [1.29, 1.82) is 0 Å². The Morgan fingerprint density at radius 2 is 1.75 bits per heavy atom. The maximum Gasteiger partial charge on any atom is 0.435 e. The largest absolute Gasteiger partial charge is 0.435 e. The zero-order chi connectivity index (χ0) is 31.2. The molecule has 1 aromatic carbocycles. The van der Waals surface area contributed by atoms with Gasteiger partial charge >= 0.3 is 6.18 Å². The number of piperazine rings is 1. The van der Waals surface area contributed by atoms with Crippen molar-refractivity contribution in [3.8, 4) is 11.3 Å². The molecule has 1 aliphatic heterocycles. The molecule has 3 aromatic heterocycles. The van der Waals surface area contributed by atoms with E-state index in [-0.39, 0.29) is 29.0 Å². The third-order valence-electron chi connectivity index (χ3n) is 9.07. The Hall–Kier alpha value is -4.22. The number of carbonyl (C=O) groups is 2. The summed E-state index contributed by atoms with van der Waals surface area (Å²) < 4.78 is 43.7. The van der Waals surface area contributed by atoms with Crippen LogP contribution in [0.1, 0.15) is 65.5 Å². The number of amides is 2. The molecule has 1 aliphatic carbocycles. The van der Waals surface area contributed by atoms with E-state index in [2.05, 4.69) is 22.0 Å². The van der Waals surface area contributed by atoms with E-state index in [9.17, 15) is 22.8 Å². The Bertz CT molecular complexity index is 1700. The summed E-state index contributed by atoms with van der Waals surface area (Å²) in [7, 11) is 1.45. The summed E-state index contributed by atoms with van der Waals surface area (Å²) in [6.07, 6.45) is 6.01. The molecule has 2 atom stereocenters. The highest BCUT2D eigenvalue weighted by molar-refractivity contribution is 5.96. The first-order valence-corrected chi connectivity index (χ1v) is 15.1. The predicted molar refractivity (Wildman–Crippen MR) is 158 cm³/mol. The minimum absolute atomic E-state index is 0.0535. The van der Waals surface area contributed by atoms with E-state index >= 15 is 0 Å². The van der Waals surface area contributed by atoms with Crippen LogP contribution in [0.5, 0.6) is 0 Å². The van der Waals surface area contributed by atoms with Gasteiger partial charge in [-0.3, -0.25) is 23.7 Å². The van der Waals surface area contributed by atoms with Gasteiger partial charge in [0, 0.05) is 69.7 Å². The van der Waals surface area contributed by atoms with Gasteiger partial charge in [-0.1, -0.05) is 31.9 Å². The molecule has 44 heavy (non-hydrogen) atoms. The molecule has 0 unspecified atom stereocenters. The van der Waals surface area contributed by atoms with E-state index in [1.54, 1.807) is 16.8 Å². The molecule has 0 N–H and O–H groups in total. The van der Waals surface area contributed by atoms with E-state index in [0.717, 1.165) is 35.1 Å². The molecule has 0 radical (unpaired) electrons. The van der Waals surface area contributed by atoms with E-state index < -0.39 is 11.9 Å². The van der Waals surface area contributed by atoms with Crippen LogP contribution in [0.2, 0.25) is 0 Å². The first kappa shape index (κ1) is 29.8. The van der Waals surface area contributed by atoms with Crippen LogP contribution >= 0.6 is 0 Å². The number of hydrogen-bond donors (Lipinski definition) is 0. The van der Waals surface area contributed by atoms with Gasteiger partial charge in [0.2, 0.25) is 5.91 Å². The summed E-state index contributed by atoms with van der Waals surface area (Å²) in [6, 6.07) is 5.63. The molecule has 4 aromatic rings. The average molecular weight is 608 g/mol. The zero-order valence-corrected chi connectivity index (χ0v) is 25.1. The Balaban J connectivity index is 1.15. The second kappa shape index (κ2) is 11.7. The van der Waals surface area contributed by atoms with E-state index in [1.165, 1.54) is 25.9 Å². The molecular formula is C32H36F3N7O2. The molecule has 1 saturated carbocycles. The third-order valence-corrected chi connectivity index (χ3v) is 9.07. The smallest absolute Gasteiger partial charge is 0.339 e. The van der Waals surface area contributed by atoms with Crippen LogP contribution in [-0.4, -0.2) is 71.9 Å². The fourth-order valence-corrected chi connectivity index (χ4v) is 6.67. The Morgan fingerprint density at radius 1 is 1.02 bits per heavy atom. The molecule has 0 spiro atoms. The molecule has 6 rings (SSSR count). The van der Waals surface area contributed by atoms with Gasteiger partial charge in [0.15, 0.2) is 11.3 Å². The Morgan fingerprint density at radius 3 is 2.45 bits per heavy atom. The van der Waals surface area contributed by atoms with Crippen molar-refractivity contribution in [2.75, 3.05) is 26.2 Å². The van der Waals surface area contributed by atoms with E-state index in [0.29, 0.717) is 55.4 Å². The third kappa shape index (κ3) is 5.69. The van der Waals surface area contributed by atoms with Gasteiger partial charge in [-0.15, -0.1) is 0 Å². The first-order valence-electron chi connectivity index (χ1n) is 15.1. The summed E-state index contributed by atoms with van der Waals surface area (Å²) in [6.45, 7) is 6.19. The van der Waals surface area contributed by atoms with Gasteiger partial charge in [-0.25, -0.2) is 4.98 Å². The van der Waals surface area contributed by atoms with E-state index in [1.807, 2.05) is 34.9 Å². The molecule has 2 aliphatic rings. The van der Waals surface area contributed by atoms with Crippen molar-refractivity contribution < 1.29 is 22.8 Å². The van der Waals surface area contributed by atoms with Gasteiger partial charge < -0.3 is 9.80 Å². The number of hydrogen-bond acceptors (Lipinski definition) is 5. The number of aryl methyl sites for hydroxylation is 2. The molecule has 9 nitrogen and oxygen atoms in total. The van der Waals surface area contributed by atoms with Crippen LogP contribution in [0.25, 0.3) is 16.9 Å². The van der Waals surface area contributed by atoms with Crippen molar-refractivity contribution in [1.82, 2.24) is 33.9 Å². The van der Waals surface area contributed by atoms with Gasteiger partial charge in [0.25, 0.3) is 5.91 Å². The molecule has 0 bridgehead atoms. The Labute approximate surface area is 253 Å². The number of benzene rings is 1. The van der Waals surface area contributed by atoms with Gasteiger partial charge in [0.1, 0.15) is 0 Å². The summed E-state index contributed by atoms with van der Waals surface area (Å²) >= 11 is 0. The molecule has 232 valence electrons. The summed E-state index contributed by atoms with van der Waals surface area (Å²) in [4.78, 5) is 39.2. The van der Waals surface area contributed by atoms with Crippen LogP contribution < -0.4 is 0 Å². The zero-order valence-electron chi connectivity index (χ0n) is 25.1. The highest BCUT2D eigenvalue weighted by Gasteiger charge is 2.38. The highest BCUT2D eigenvalue weighted by atomic mass is 19.4. The van der Waals surface area contributed by atoms with Crippen molar-refractivity contribution in [3.05, 3.63) is 71.1 Å². The van der Waals surface area contributed by atoms with Crippen molar-refractivity contribution >= 4 is 17.5 Å². The number of aromatic nitrogens is 5. The van der Waals surface area contributed by atoms with Gasteiger partial charge in [-0.05, 0) is 42.9 Å². The maximum atomic E-state index is 13.6. The normalized spacial score (nSPS) is 19.5. The number of imidazole rings is 1. The molecule has 2 fully saturated rings. The standard InChI is InChI=1S/C32H36F3N7O2/c1-20-6-4-5-7-23(20)30(43)40-12-14-41(15-13-40)31(44)24-9-8-22(16-21(24)2)17-26-29-37-18-27(42(29)11-10-36-26)25-19-39(3)38-28(25)32(33,34)35/h8-11,16,18-20,23H,4-7,12-15,17H2,1-3H3/t20-,23+/m0/s1. The lowest BCUT2D eigenvalue weighted by Gasteiger charge is -2.38. The van der Waals surface area contributed by atoms with Gasteiger partial charge in [-0.2, -0.15) is 18.3 Å².